The summed E-state index contributed by atoms with van der Waals surface area (Å²) < 4.78 is 23.9. The van der Waals surface area contributed by atoms with Gasteiger partial charge in [-0.25, -0.2) is 9.37 Å². The van der Waals surface area contributed by atoms with Crippen LogP contribution in [-0.4, -0.2) is 12.1 Å². The second-order valence-electron chi connectivity index (χ2n) is 4.21. The Bertz CT molecular complexity index is 801. The number of fused-ring (bicyclic) bond motifs is 1. The van der Waals surface area contributed by atoms with Crippen molar-refractivity contribution < 1.29 is 13.5 Å². The summed E-state index contributed by atoms with van der Waals surface area (Å²) >= 11 is 6.01. The van der Waals surface area contributed by atoms with Gasteiger partial charge in [0.25, 0.3) is 0 Å². The van der Waals surface area contributed by atoms with Crippen LogP contribution in [0, 0.1) is 5.82 Å². The van der Waals surface area contributed by atoms with Crippen LogP contribution in [0.2, 0.25) is 5.02 Å². The van der Waals surface area contributed by atoms with Gasteiger partial charge in [0.1, 0.15) is 17.1 Å². The van der Waals surface area contributed by atoms with Crippen molar-refractivity contribution in [1.29, 1.82) is 0 Å². The minimum atomic E-state index is -0.387. The highest BCUT2D eigenvalue weighted by molar-refractivity contribution is 6.33. The van der Waals surface area contributed by atoms with Crippen LogP contribution in [0.3, 0.4) is 0 Å². The summed E-state index contributed by atoms with van der Waals surface area (Å²) in [6, 6.07) is 7.34. The second kappa shape index (κ2) is 4.68. The summed E-state index contributed by atoms with van der Waals surface area (Å²) in [7, 11) is 1.51. The number of nitrogens with zero attached hydrogens (tertiary/aromatic N) is 1. The predicted octanol–water partition coefficient (Wildman–Crippen LogP) is 3.88. The molecule has 0 radical (unpaired) electrons. The van der Waals surface area contributed by atoms with Crippen LogP contribution in [0.15, 0.2) is 34.7 Å². The number of hydrogen-bond acceptors (Lipinski definition) is 4. The summed E-state index contributed by atoms with van der Waals surface area (Å²) in [6.45, 7) is 0. The predicted molar refractivity (Wildman–Crippen MR) is 75.4 cm³/mol. The molecule has 4 nitrogen and oxygen atoms in total. The van der Waals surface area contributed by atoms with E-state index in [4.69, 9.17) is 26.5 Å². The van der Waals surface area contributed by atoms with Crippen molar-refractivity contribution in [3.8, 4) is 17.2 Å². The Morgan fingerprint density at radius 1 is 1.30 bits per heavy atom. The first-order chi connectivity index (χ1) is 9.58. The maximum atomic E-state index is 13.2. The van der Waals surface area contributed by atoms with Crippen LogP contribution < -0.4 is 10.5 Å². The standard InChI is InChI=1S/C14H10ClFN2O2/c1-19-12-6-10(17)9(15)5-8(12)14-18-11-3-2-7(16)4-13(11)20-14/h2-6H,17H2,1H3. The molecule has 0 bridgehead atoms. The average molecular weight is 293 g/mol. The molecular weight excluding hydrogens is 283 g/mol. The molecule has 0 spiro atoms. The van der Waals surface area contributed by atoms with Crippen LogP contribution in [0.4, 0.5) is 10.1 Å². The SMILES string of the molecule is COc1cc(N)c(Cl)cc1-c1nc2ccc(F)cc2o1. The van der Waals surface area contributed by atoms with Gasteiger partial charge in [0.05, 0.1) is 23.4 Å². The molecule has 3 aromatic rings. The maximum absolute atomic E-state index is 13.2. The molecule has 1 aromatic heterocycles. The zero-order chi connectivity index (χ0) is 14.3. The molecule has 0 saturated heterocycles. The van der Waals surface area contributed by atoms with Gasteiger partial charge in [0.15, 0.2) is 5.58 Å². The Labute approximate surface area is 118 Å². The number of anilines is 1. The van der Waals surface area contributed by atoms with E-state index >= 15 is 0 Å². The molecule has 3 rings (SSSR count). The van der Waals surface area contributed by atoms with Gasteiger partial charge < -0.3 is 14.9 Å². The summed E-state index contributed by atoms with van der Waals surface area (Å²) in [4.78, 5) is 4.29. The van der Waals surface area contributed by atoms with Gasteiger partial charge >= 0.3 is 0 Å². The molecular formula is C14H10ClFN2O2. The van der Waals surface area contributed by atoms with E-state index in [1.165, 1.54) is 19.2 Å². The lowest BCUT2D eigenvalue weighted by molar-refractivity contribution is 0.415. The molecule has 0 aliphatic rings. The number of benzene rings is 2. The number of nitrogens with two attached hydrogens (primary N) is 1. The second-order valence-corrected chi connectivity index (χ2v) is 4.61. The monoisotopic (exact) mass is 292 g/mol. The third-order valence-corrected chi connectivity index (χ3v) is 3.23. The van der Waals surface area contributed by atoms with Gasteiger partial charge in [0.2, 0.25) is 5.89 Å². The summed E-state index contributed by atoms with van der Waals surface area (Å²) in [5, 5.41) is 0.370. The fourth-order valence-corrected chi connectivity index (χ4v) is 2.08. The zero-order valence-corrected chi connectivity index (χ0v) is 11.2. The molecule has 20 heavy (non-hydrogen) atoms. The Hall–Kier alpha value is -2.27. The number of rotatable bonds is 2. The normalized spacial score (nSPS) is 10.9. The van der Waals surface area contributed by atoms with E-state index in [1.807, 2.05) is 0 Å². The summed E-state index contributed by atoms with van der Waals surface area (Å²) in [5.41, 5.74) is 7.59. The number of aromatic nitrogens is 1. The average Bonchev–Trinajstić information content (AvgIpc) is 2.84. The molecule has 6 heteroatoms. The fourth-order valence-electron chi connectivity index (χ4n) is 1.92. The van der Waals surface area contributed by atoms with Gasteiger partial charge in [0, 0.05) is 12.1 Å². The van der Waals surface area contributed by atoms with Gasteiger partial charge in [-0.2, -0.15) is 0 Å². The van der Waals surface area contributed by atoms with E-state index in [1.54, 1.807) is 18.2 Å². The minimum Gasteiger partial charge on any atom is -0.496 e. The highest BCUT2D eigenvalue weighted by Gasteiger charge is 2.15. The molecule has 0 fully saturated rings. The highest BCUT2D eigenvalue weighted by atomic mass is 35.5. The lowest BCUT2D eigenvalue weighted by atomic mass is 10.2. The van der Waals surface area contributed by atoms with E-state index in [0.717, 1.165) is 0 Å². The molecule has 1 heterocycles. The highest BCUT2D eigenvalue weighted by Crippen LogP contribution is 2.36. The molecule has 0 unspecified atom stereocenters. The van der Waals surface area contributed by atoms with Gasteiger partial charge in [-0.3, -0.25) is 0 Å². The fraction of sp³-hybridized carbons (Fsp3) is 0.0714. The van der Waals surface area contributed by atoms with Gasteiger partial charge in [-0.15, -0.1) is 0 Å². The first kappa shape index (κ1) is 12.7. The lowest BCUT2D eigenvalue weighted by Gasteiger charge is -2.07. The number of methoxy groups -OCH3 is 1. The Morgan fingerprint density at radius 3 is 2.85 bits per heavy atom. The Morgan fingerprint density at radius 2 is 2.10 bits per heavy atom. The van der Waals surface area contributed by atoms with Crippen LogP contribution in [0.5, 0.6) is 5.75 Å². The number of nitrogen functional groups attached to an aromatic ring is 1. The third kappa shape index (κ3) is 2.06. The van der Waals surface area contributed by atoms with Crippen molar-refractivity contribution >= 4 is 28.4 Å². The molecule has 0 aliphatic carbocycles. The van der Waals surface area contributed by atoms with Crippen LogP contribution >= 0.6 is 11.6 Å². The smallest absolute Gasteiger partial charge is 0.231 e. The van der Waals surface area contributed by atoms with Crippen molar-refractivity contribution in [3.05, 3.63) is 41.2 Å². The van der Waals surface area contributed by atoms with Crippen molar-refractivity contribution in [2.75, 3.05) is 12.8 Å². The molecule has 0 atom stereocenters. The van der Waals surface area contributed by atoms with Crippen LogP contribution in [-0.2, 0) is 0 Å². The molecule has 2 aromatic carbocycles. The maximum Gasteiger partial charge on any atom is 0.231 e. The Kier molecular flexibility index (Phi) is 2.99. The number of ether oxygens (including phenoxy) is 1. The molecule has 0 amide bonds. The quantitative estimate of drug-likeness (QED) is 0.728. The topological polar surface area (TPSA) is 61.3 Å². The first-order valence-corrected chi connectivity index (χ1v) is 6.16. The van der Waals surface area contributed by atoms with Gasteiger partial charge in [-0.1, -0.05) is 11.6 Å². The van der Waals surface area contributed by atoms with E-state index < -0.39 is 0 Å². The van der Waals surface area contributed by atoms with E-state index in [9.17, 15) is 4.39 Å². The van der Waals surface area contributed by atoms with E-state index in [0.29, 0.717) is 39.0 Å². The van der Waals surface area contributed by atoms with E-state index in [-0.39, 0.29) is 5.82 Å². The van der Waals surface area contributed by atoms with Crippen molar-refractivity contribution in [2.45, 2.75) is 0 Å². The van der Waals surface area contributed by atoms with Crippen LogP contribution in [0.25, 0.3) is 22.6 Å². The number of halogens is 2. The largest absolute Gasteiger partial charge is 0.496 e. The number of oxazole rings is 1. The van der Waals surface area contributed by atoms with Crippen molar-refractivity contribution in [2.24, 2.45) is 0 Å². The van der Waals surface area contributed by atoms with Crippen molar-refractivity contribution in [3.63, 3.8) is 0 Å². The molecule has 2 N–H and O–H groups in total. The Balaban J connectivity index is 2.22. The van der Waals surface area contributed by atoms with E-state index in [2.05, 4.69) is 4.98 Å². The minimum absolute atomic E-state index is 0.296. The molecule has 0 saturated carbocycles. The first-order valence-electron chi connectivity index (χ1n) is 5.78. The lowest BCUT2D eigenvalue weighted by Crippen LogP contribution is -1.93. The zero-order valence-electron chi connectivity index (χ0n) is 10.5. The third-order valence-electron chi connectivity index (χ3n) is 2.90. The number of hydrogen-bond donors (Lipinski definition) is 1. The summed E-state index contributed by atoms with van der Waals surface area (Å²) in [6.07, 6.45) is 0. The molecule has 0 aliphatic heterocycles. The van der Waals surface area contributed by atoms with Crippen LogP contribution in [0.1, 0.15) is 0 Å². The van der Waals surface area contributed by atoms with Crippen molar-refractivity contribution in [1.82, 2.24) is 4.98 Å². The molecule has 102 valence electrons. The summed E-state index contributed by atoms with van der Waals surface area (Å²) in [5.74, 6) is 0.394. The van der Waals surface area contributed by atoms with Gasteiger partial charge in [-0.05, 0) is 18.2 Å².